The first-order chi connectivity index (χ1) is 10.0. The van der Waals surface area contributed by atoms with E-state index in [0.29, 0.717) is 10.6 Å². The minimum atomic E-state index is -0.166. The van der Waals surface area contributed by atoms with Crippen molar-refractivity contribution in [2.75, 3.05) is 5.32 Å². The molecule has 2 heterocycles. The Bertz CT molecular complexity index is 821. The first kappa shape index (κ1) is 13.6. The number of rotatable bonds is 2. The fraction of sp³-hybridized carbons (Fsp3) is 0.125. The molecule has 0 aliphatic heterocycles. The van der Waals surface area contributed by atoms with Crippen molar-refractivity contribution in [3.8, 4) is 0 Å². The molecule has 21 heavy (non-hydrogen) atoms. The fourth-order valence-corrected chi connectivity index (χ4v) is 2.28. The second-order valence-corrected chi connectivity index (χ2v) is 5.33. The van der Waals surface area contributed by atoms with Crippen LogP contribution >= 0.6 is 11.6 Å². The number of pyridine rings is 1. The zero-order valence-electron chi connectivity index (χ0n) is 11.7. The van der Waals surface area contributed by atoms with Gasteiger partial charge in [0.15, 0.2) is 0 Å². The number of halogens is 1. The number of carbonyl (C=O) groups excluding carboxylic acids is 1. The minimum absolute atomic E-state index is 0.166. The van der Waals surface area contributed by atoms with E-state index in [1.165, 1.54) is 0 Å². The van der Waals surface area contributed by atoms with Gasteiger partial charge < -0.3 is 9.72 Å². The number of imidazole rings is 1. The van der Waals surface area contributed by atoms with Gasteiger partial charge in [0.25, 0.3) is 5.91 Å². The molecule has 5 heteroatoms. The van der Waals surface area contributed by atoms with Gasteiger partial charge in [0, 0.05) is 22.5 Å². The molecule has 0 aliphatic rings. The quantitative estimate of drug-likeness (QED) is 0.781. The van der Waals surface area contributed by atoms with Crippen LogP contribution in [0.15, 0.2) is 42.6 Å². The van der Waals surface area contributed by atoms with Crippen LogP contribution in [-0.4, -0.2) is 15.3 Å². The number of nitrogens with one attached hydrogen (secondary N) is 1. The third-order valence-corrected chi connectivity index (χ3v) is 3.71. The van der Waals surface area contributed by atoms with Crippen LogP contribution in [0, 0.1) is 13.8 Å². The molecular weight excluding hydrogens is 286 g/mol. The van der Waals surface area contributed by atoms with Crippen LogP contribution in [0.5, 0.6) is 0 Å². The van der Waals surface area contributed by atoms with E-state index in [1.807, 2.05) is 36.6 Å². The fourth-order valence-electron chi connectivity index (χ4n) is 2.16. The number of fused-ring (bicyclic) bond motifs is 1. The van der Waals surface area contributed by atoms with Crippen molar-refractivity contribution in [3.05, 3.63) is 64.6 Å². The molecule has 0 fully saturated rings. The van der Waals surface area contributed by atoms with Crippen LogP contribution in [0.3, 0.4) is 0 Å². The summed E-state index contributed by atoms with van der Waals surface area (Å²) in [7, 11) is 0. The molecule has 3 rings (SSSR count). The normalized spacial score (nSPS) is 10.8. The molecule has 3 aromatic rings. The highest BCUT2D eigenvalue weighted by Crippen LogP contribution is 2.16. The minimum Gasteiger partial charge on any atom is -0.321 e. The summed E-state index contributed by atoms with van der Waals surface area (Å²) in [5.74, 6) is -0.166. The summed E-state index contributed by atoms with van der Waals surface area (Å²) in [6.45, 7) is 3.97. The van der Waals surface area contributed by atoms with Crippen molar-refractivity contribution in [3.63, 3.8) is 0 Å². The lowest BCUT2D eigenvalue weighted by atomic mass is 10.2. The van der Waals surface area contributed by atoms with Gasteiger partial charge in [-0.2, -0.15) is 0 Å². The number of carbonyl (C=O) groups is 1. The third-order valence-electron chi connectivity index (χ3n) is 3.46. The molecule has 0 aliphatic carbocycles. The molecule has 0 bridgehead atoms. The van der Waals surface area contributed by atoms with Crippen molar-refractivity contribution in [1.82, 2.24) is 9.38 Å². The number of hydrogen-bond acceptors (Lipinski definition) is 2. The lowest BCUT2D eigenvalue weighted by molar-refractivity contribution is 0.102. The first-order valence-electron chi connectivity index (χ1n) is 6.57. The van der Waals surface area contributed by atoms with E-state index in [1.54, 1.807) is 24.3 Å². The van der Waals surface area contributed by atoms with Crippen LogP contribution in [-0.2, 0) is 0 Å². The maximum Gasteiger partial charge on any atom is 0.255 e. The molecular formula is C16H14ClN3O. The van der Waals surface area contributed by atoms with Crippen LogP contribution in [0.4, 0.5) is 5.69 Å². The number of benzene rings is 1. The van der Waals surface area contributed by atoms with Gasteiger partial charge in [0.2, 0.25) is 0 Å². The van der Waals surface area contributed by atoms with E-state index in [9.17, 15) is 4.79 Å². The molecule has 0 radical (unpaired) electrons. The molecule has 2 aromatic heterocycles. The highest BCUT2D eigenvalue weighted by atomic mass is 35.5. The Labute approximate surface area is 127 Å². The Hall–Kier alpha value is -2.33. The molecule has 0 saturated carbocycles. The topological polar surface area (TPSA) is 46.4 Å². The lowest BCUT2D eigenvalue weighted by Gasteiger charge is -2.06. The average molecular weight is 300 g/mol. The molecule has 1 N–H and O–H groups in total. The Morgan fingerprint density at radius 2 is 1.86 bits per heavy atom. The predicted molar refractivity (Wildman–Crippen MR) is 84.1 cm³/mol. The van der Waals surface area contributed by atoms with Crippen molar-refractivity contribution in [2.24, 2.45) is 0 Å². The highest BCUT2D eigenvalue weighted by Gasteiger charge is 2.08. The molecule has 4 nitrogen and oxygen atoms in total. The SMILES string of the molecule is Cc1nc2ccc(NC(=O)c3ccc(Cl)cc3)cn2c1C. The van der Waals surface area contributed by atoms with E-state index in [2.05, 4.69) is 10.3 Å². The number of anilines is 1. The lowest BCUT2D eigenvalue weighted by Crippen LogP contribution is -2.12. The van der Waals surface area contributed by atoms with E-state index < -0.39 is 0 Å². The largest absolute Gasteiger partial charge is 0.321 e. The van der Waals surface area contributed by atoms with Crippen LogP contribution < -0.4 is 5.32 Å². The van der Waals surface area contributed by atoms with Gasteiger partial charge in [0.05, 0.1) is 11.4 Å². The van der Waals surface area contributed by atoms with Crippen molar-refractivity contribution < 1.29 is 4.79 Å². The number of hydrogen-bond donors (Lipinski definition) is 1. The predicted octanol–water partition coefficient (Wildman–Crippen LogP) is 3.86. The van der Waals surface area contributed by atoms with Gasteiger partial charge in [-0.3, -0.25) is 4.79 Å². The highest BCUT2D eigenvalue weighted by molar-refractivity contribution is 6.30. The third kappa shape index (κ3) is 2.62. The Kier molecular flexibility index (Phi) is 3.39. The average Bonchev–Trinajstić information content (AvgIpc) is 2.75. The summed E-state index contributed by atoms with van der Waals surface area (Å²) in [6, 6.07) is 10.5. The van der Waals surface area contributed by atoms with Gasteiger partial charge in [-0.1, -0.05) is 11.6 Å². The second-order valence-electron chi connectivity index (χ2n) is 4.89. The summed E-state index contributed by atoms with van der Waals surface area (Å²) in [4.78, 5) is 16.6. The monoisotopic (exact) mass is 299 g/mol. The Balaban J connectivity index is 1.89. The second kappa shape index (κ2) is 5.22. The number of amides is 1. The molecule has 0 atom stereocenters. The summed E-state index contributed by atoms with van der Waals surface area (Å²) in [5.41, 5.74) is 4.21. The Morgan fingerprint density at radius 1 is 1.14 bits per heavy atom. The van der Waals surface area contributed by atoms with E-state index in [-0.39, 0.29) is 5.91 Å². The van der Waals surface area contributed by atoms with E-state index in [4.69, 9.17) is 11.6 Å². The van der Waals surface area contributed by atoms with Crippen molar-refractivity contribution in [2.45, 2.75) is 13.8 Å². The molecule has 0 spiro atoms. The summed E-state index contributed by atoms with van der Waals surface area (Å²) in [5, 5.41) is 3.48. The maximum atomic E-state index is 12.2. The number of nitrogens with zero attached hydrogens (tertiary/aromatic N) is 2. The number of aryl methyl sites for hydroxylation is 2. The number of aromatic nitrogens is 2. The van der Waals surface area contributed by atoms with Crippen molar-refractivity contribution in [1.29, 1.82) is 0 Å². The van der Waals surface area contributed by atoms with Gasteiger partial charge in [0.1, 0.15) is 5.65 Å². The Morgan fingerprint density at radius 3 is 2.57 bits per heavy atom. The smallest absolute Gasteiger partial charge is 0.255 e. The van der Waals surface area contributed by atoms with Gasteiger partial charge in [-0.05, 0) is 50.2 Å². The zero-order valence-corrected chi connectivity index (χ0v) is 12.5. The van der Waals surface area contributed by atoms with E-state index in [0.717, 1.165) is 22.7 Å². The summed E-state index contributed by atoms with van der Waals surface area (Å²) in [6.07, 6.45) is 1.87. The van der Waals surface area contributed by atoms with Gasteiger partial charge in [-0.25, -0.2) is 4.98 Å². The maximum absolute atomic E-state index is 12.2. The van der Waals surface area contributed by atoms with Gasteiger partial charge >= 0.3 is 0 Å². The van der Waals surface area contributed by atoms with Crippen LogP contribution in [0.1, 0.15) is 21.7 Å². The van der Waals surface area contributed by atoms with Crippen molar-refractivity contribution >= 4 is 28.8 Å². The van der Waals surface area contributed by atoms with Gasteiger partial charge in [-0.15, -0.1) is 0 Å². The summed E-state index contributed by atoms with van der Waals surface area (Å²) >= 11 is 5.82. The molecule has 0 saturated heterocycles. The van der Waals surface area contributed by atoms with Crippen LogP contribution in [0.2, 0.25) is 5.02 Å². The first-order valence-corrected chi connectivity index (χ1v) is 6.94. The molecule has 1 aromatic carbocycles. The molecule has 1 amide bonds. The van der Waals surface area contributed by atoms with Crippen LogP contribution in [0.25, 0.3) is 5.65 Å². The zero-order chi connectivity index (χ0) is 15.0. The molecule has 106 valence electrons. The van der Waals surface area contributed by atoms with E-state index >= 15 is 0 Å². The molecule has 0 unspecified atom stereocenters. The summed E-state index contributed by atoms with van der Waals surface area (Å²) < 4.78 is 1.97. The standard InChI is InChI=1S/C16H14ClN3O/c1-10-11(2)20-9-14(7-8-15(20)18-10)19-16(21)12-3-5-13(17)6-4-12/h3-9H,1-2H3,(H,19,21).